The molecule has 4 saturated carbocycles. The van der Waals surface area contributed by atoms with E-state index >= 15 is 0 Å². The zero-order valence-corrected chi connectivity index (χ0v) is 71.8. The lowest BCUT2D eigenvalue weighted by atomic mass is 9.97. The Morgan fingerprint density at radius 1 is 0.330 bits per heavy atom. The summed E-state index contributed by atoms with van der Waals surface area (Å²) in [6.07, 6.45) is 9.41. The summed E-state index contributed by atoms with van der Waals surface area (Å²) >= 11 is 0. The normalized spacial score (nSPS) is 29.1. The molecule has 4 aliphatic carbocycles. The highest BCUT2D eigenvalue weighted by Gasteiger charge is 2.56. The third kappa shape index (κ3) is 22.9. The fourth-order valence-electron chi connectivity index (χ4n) is 15.5. The number of hydrogen-bond acceptors (Lipinski definition) is 24. The largest absolute Gasteiger partial charge is 0.369 e. The van der Waals surface area contributed by atoms with Crippen molar-refractivity contribution in [3.63, 3.8) is 0 Å². The van der Waals surface area contributed by atoms with Gasteiger partial charge in [-0.3, -0.25) is 48.3 Å². The van der Waals surface area contributed by atoms with E-state index in [-0.39, 0.29) is 97.6 Å². The second-order valence-corrected chi connectivity index (χ2v) is 58.5. The number of rotatable bonds is 24. The van der Waals surface area contributed by atoms with E-state index in [1.807, 2.05) is 27.7 Å². The van der Waals surface area contributed by atoms with Crippen molar-refractivity contribution in [1.29, 1.82) is 0 Å². The Bertz CT molecular complexity index is 3100. The minimum Gasteiger partial charge on any atom is -0.369 e. The standard InChI is InChI=1S/C29H52N2O5P2.C15H28N2O9P2.C13H28N2O5P2.C9H20N2O5P2/c32-27-28(33)31(22-38(36,25-17-9-3-10-18-25)26-19-11-4-12-20-26)29(34)30(27)21-37(35,23-13-5-1-6-14-23)24-15-7-2-8-16-24;1-14(2)5-23-27(21,24-6-14)9-16-11(18)12(19)17(13(16)20)10-28(22)25-7-15(3,4)8-26-28;1-5-21(19,6-2)9-14-11(16)12(17)15(13(14)18)10-22(20,7-3)8-4;1-17(2,15)5-10-7(12)8(13)11(9(10)14)6-18(3,4)16/h23-28,32-33H,1-22H2;11-12,18-19H,5-10H2,1-4H3;11-12,16-17H,5-10H2,1-4H3;7-8,12-13H,5-6H2,1-4H3. The average molecular weight is 1670 g/mol. The van der Waals surface area contributed by atoms with Crippen molar-refractivity contribution in [2.24, 2.45) is 10.8 Å². The maximum atomic E-state index is 14.9. The smallest absolute Gasteiger partial charge is 0.350 e. The molecule has 616 valence electrons. The van der Waals surface area contributed by atoms with Crippen LogP contribution in [0, 0.1) is 10.8 Å². The highest BCUT2D eigenvalue weighted by Crippen LogP contribution is 2.66. The van der Waals surface area contributed by atoms with Gasteiger partial charge in [0.25, 0.3) is 0 Å². The molecule has 106 heavy (non-hydrogen) atoms. The van der Waals surface area contributed by atoms with E-state index < -0.39 is 145 Å². The molecule has 0 aromatic rings. The van der Waals surface area contributed by atoms with Crippen LogP contribution in [0.1, 0.15) is 184 Å². The highest BCUT2D eigenvalue weighted by molar-refractivity contribution is 7.66. The van der Waals surface area contributed by atoms with Crippen molar-refractivity contribution in [3.8, 4) is 0 Å². The summed E-state index contributed by atoms with van der Waals surface area (Å²) in [4.78, 5) is 59.2. The van der Waals surface area contributed by atoms with Gasteiger partial charge in [-0.15, -0.1) is 0 Å². The third-order valence-electron chi connectivity index (χ3n) is 22.5. The monoisotopic (exact) mass is 1660 g/mol. The van der Waals surface area contributed by atoms with Crippen LogP contribution in [0.4, 0.5) is 19.2 Å². The van der Waals surface area contributed by atoms with Crippen LogP contribution in [-0.4, -0.2) is 305 Å². The molecule has 0 bridgehead atoms. The lowest BCUT2D eigenvalue weighted by Crippen LogP contribution is -2.40. The van der Waals surface area contributed by atoms with Crippen LogP contribution in [0.25, 0.3) is 0 Å². The van der Waals surface area contributed by atoms with Crippen molar-refractivity contribution < 1.29 is 115 Å². The molecular formula is C66H128N8O24P8. The van der Waals surface area contributed by atoms with Gasteiger partial charge < -0.3 is 86.3 Å². The predicted molar refractivity (Wildman–Crippen MR) is 409 cm³/mol. The maximum Gasteiger partial charge on any atom is 0.350 e. The number of urea groups is 4. The van der Waals surface area contributed by atoms with Crippen LogP contribution in [0.15, 0.2) is 0 Å². The molecule has 8 atom stereocenters. The molecule has 10 rings (SSSR count). The van der Waals surface area contributed by atoms with E-state index in [0.29, 0.717) is 24.6 Å². The van der Waals surface area contributed by atoms with E-state index in [2.05, 4.69) is 0 Å². The molecule has 40 heteroatoms. The number of carbonyl (C=O) groups is 4. The molecular weight excluding hydrogens is 1540 g/mol. The van der Waals surface area contributed by atoms with Crippen molar-refractivity contribution in [2.45, 2.75) is 256 Å². The number of aliphatic hydroxyl groups is 8. The van der Waals surface area contributed by atoms with Gasteiger partial charge in [-0.25, -0.2) is 19.2 Å². The Kier molecular flexibility index (Phi) is 32.3. The summed E-state index contributed by atoms with van der Waals surface area (Å²) in [6, 6.07) is -2.55. The van der Waals surface area contributed by atoms with Gasteiger partial charge in [0.2, 0.25) is 0 Å². The molecule has 10 fully saturated rings. The molecule has 8 amide bonds. The Morgan fingerprint density at radius 3 is 0.726 bits per heavy atom. The molecule has 6 saturated heterocycles. The van der Waals surface area contributed by atoms with Crippen molar-refractivity contribution in [2.75, 3.05) is 128 Å². The van der Waals surface area contributed by atoms with E-state index in [4.69, 9.17) is 18.1 Å². The quantitative estimate of drug-likeness (QED) is 0.0416. The Balaban J connectivity index is 0.000000206. The molecule has 32 nitrogen and oxygen atoms in total. The summed E-state index contributed by atoms with van der Waals surface area (Å²) in [5.74, 6) is 0. The SMILES string of the molecule is CC1(C)COP(=O)(CN2C(=O)N(CP3(=O)OCC(C)(C)CO3)C(O)C2O)OC1.CCP(=O)(CC)CN1C(=O)N(CP(=O)(CC)CC)C(O)C1O.CP(C)(=O)CN1C(=O)N(CP(C)(C)=O)C(O)C1O.O=C1N(CP(=O)(C2CCCCC2)C2CCCCC2)C(O)C(O)N1CP(=O)(C1CCCCC1)C1CCCCC1. The fourth-order valence-corrected chi connectivity index (χ4v) is 33.5. The van der Waals surface area contributed by atoms with Gasteiger partial charge in [0, 0.05) is 33.5 Å². The number of hydrogen-bond donors (Lipinski definition) is 8. The highest BCUT2D eigenvalue weighted by atomic mass is 31.2. The second kappa shape index (κ2) is 37.4. The number of aliphatic hydroxyl groups excluding tert-OH is 8. The molecule has 8 N–H and O–H groups in total. The molecule has 8 unspecified atom stereocenters. The number of nitrogens with zero attached hydrogens (tertiary/aromatic N) is 8. The molecule has 6 aliphatic heterocycles. The third-order valence-corrected chi connectivity index (χ3v) is 42.6. The summed E-state index contributed by atoms with van der Waals surface area (Å²) < 4.78 is 125. The van der Waals surface area contributed by atoms with Crippen molar-refractivity contribution >= 4 is 82.2 Å². The van der Waals surface area contributed by atoms with E-state index in [1.54, 1.807) is 27.7 Å². The first kappa shape index (κ1) is 91.6. The molecule has 0 aromatic heterocycles. The number of amides is 8. The maximum absolute atomic E-state index is 14.9. The van der Waals surface area contributed by atoms with Gasteiger partial charge in [-0.2, -0.15) is 0 Å². The minimum atomic E-state index is -3.67. The second-order valence-electron chi connectivity index (χ2n) is 33.4. The summed E-state index contributed by atoms with van der Waals surface area (Å²) in [6.45, 7) is 21.3. The van der Waals surface area contributed by atoms with Crippen molar-refractivity contribution in [1.82, 2.24) is 39.2 Å². The fraction of sp³-hybridized carbons (Fsp3) is 0.939. The Hall–Kier alpha value is -1.56. The molecule has 0 radical (unpaired) electrons. The van der Waals surface area contributed by atoms with Crippen LogP contribution in [-0.2, 0) is 54.6 Å². The zero-order chi connectivity index (χ0) is 79.1. The molecule has 0 spiro atoms. The van der Waals surface area contributed by atoms with Crippen molar-refractivity contribution in [3.05, 3.63) is 0 Å². The topological polar surface area (TPSA) is 430 Å². The van der Waals surface area contributed by atoms with Crippen LogP contribution < -0.4 is 0 Å². The lowest BCUT2D eigenvalue weighted by Gasteiger charge is -2.41. The number of carbonyl (C=O) groups excluding carboxylic acids is 4. The Morgan fingerprint density at radius 2 is 0.519 bits per heavy atom. The summed E-state index contributed by atoms with van der Waals surface area (Å²) in [7, 11) is -23.2. The first-order valence-electron chi connectivity index (χ1n) is 38.1. The van der Waals surface area contributed by atoms with E-state index in [9.17, 15) is 96.6 Å². The first-order valence-corrected chi connectivity index (χ1v) is 55.7. The Labute approximate surface area is 628 Å². The van der Waals surface area contributed by atoms with E-state index in [0.717, 1.165) is 132 Å². The van der Waals surface area contributed by atoms with Crippen LogP contribution >= 0.6 is 58.0 Å². The predicted octanol–water partition coefficient (Wildman–Crippen LogP) is 11.7. The van der Waals surface area contributed by atoms with Crippen LogP contribution in [0.3, 0.4) is 0 Å². The average Bonchev–Trinajstić information content (AvgIpc) is 1.65. The van der Waals surface area contributed by atoms with Gasteiger partial charge in [0.05, 0.1) is 64.1 Å². The molecule has 6 heterocycles. The van der Waals surface area contributed by atoms with Gasteiger partial charge in [-0.05, 0) is 103 Å². The summed E-state index contributed by atoms with van der Waals surface area (Å²) in [5, 5.41) is 82.6. The molecule has 0 aromatic carbocycles. The van der Waals surface area contributed by atoms with Gasteiger partial charge in [-0.1, -0.05) is 132 Å². The van der Waals surface area contributed by atoms with Crippen LogP contribution in [0.2, 0.25) is 0 Å². The van der Waals surface area contributed by atoms with E-state index in [1.165, 1.54) is 62.1 Å². The van der Waals surface area contributed by atoms with Gasteiger partial charge in [0.1, 0.15) is 55.4 Å². The van der Waals surface area contributed by atoms with Gasteiger partial charge in [0.15, 0.2) is 49.8 Å². The van der Waals surface area contributed by atoms with Gasteiger partial charge >= 0.3 is 39.3 Å². The molecule has 10 aliphatic rings. The van der Waals surface area contributed by atoms with Crippen LogP contribution in [0.5, 0.6) is 0 Å². The zero-order valence-electron chi connectivity index (χ0n) is 64.6. The summed E-state index contributed by atoms with van der Waals surface area (Å²) in [5.41, 5.74) is -0.198. The lowest BCUT2D eigenvalue weighted by molar-refractivity contribution is -0.0636. The minimum absolute atomic E-state index is 0.0594. The first-order chi connectivity index (χ1) is 49.2.